The van der Waals surface area contributed by atoms with E-state index in [0.717, 1.165) is 22.3 Å². The minimum Gasteiger partial charge on any atom is -0.379 e. The second kappa shape index (κ2) is 11.4. The van der Waals surface area contributed by atoms with E-state index in [1.165, 1.54) is 54.6 Å². The van der Waals surface area contributed by atoms with Crippen LogP contribution in [-0.4, -0.2) is 22.9 Å². The first kappa shape index (κ1) is 28.7. The van der Waals surface area contributed by atoms with Crippen LogP contribution in [0.25, 0.3) is 0 Å². The van der Waals surface area contributed by atoms with Gasteiger partial charge in [-0.3, -0.25) is 0 Å². The summed E-state index contributed by atoms with van der Waals surface area (Å²) >= 11 is 0. The van der Waals surface area contributed by atoms with Gasteiger partial charge in [0.2, 0.25) is 0 Å². The highest BCUT2D eigenvalue weighted by Gasteiger charge is 2.21. The number of hydrogen-bond donors (Lipinski definition) is 2. The Hall–Kier alpha value is -4.35. The van der Waals surface area contributed by atoms with Gasteiger partial charge >= 0.3 is 26.3 Å². The fourth-order valence-electron chi connectivity index (χ4n) is 3.63. The number of hydrogen-bond acceptors (Lipinski definition) is 7. The monoisotopic (exact) mass is 580 g/mol. The molecule has 0 saturated carbocycles. The molecule has 0 heterocycles. The van der Waals surface area contributed by atoms with Crippen molar-refractivity contribution in [3.63, 3.8) is 0 Å². The number of para-hydroxylation sites is 2. The van der Waals surface area contributed by atoms with Gasteiger partial charge in [0, 0.05) is 11.8 Å². The van der Waals surface area contributed by atoms with Gasteiger partial charge in [0.1, 0.15) is 15.5 Å². The number of urea groups is 1. The van der Waals surface area contributed by atoms with E-state index in [2.05, 4.69) is 10.6 Å². The number of carbonyl (C=O) groups excluding carboxylic acids is 1. The third kappa shape index (κ3) is 6.80. The smallest absolute Gasteiger partial charge is 0.339 e. The van der Waals surface area contributed by atoms with Gasteiger partial charge in [-0.1, -0.05) is 30.3 Å². The van der Waals surface area contributed by atoms with E-state index in [1.807, 2.05) is 13.8 Å². The first-order valence-corrected chi connectivity index (χ1v) is 15.0. The number of anilines is 2. The Morgan fingerprint density at radius 2 is 1.18 bits per heavy atom. The van der Waals surface area contributed by atoms with Crippen molar-refractivity contribution < 1.29 is 30.0 Å². The van der Waals surface area contributed by atoms with E-state index >= 15 is 0 Å². The number of carbonyl (C=O) groups is 1. The Labute approximate surface area is 234 Å². The maximum Gasteiger partial charge on any atom is 0.339 e. The highest BCUT2D eigenvalue weighted by atomic mass is 32.2. The maximum atomic E-state index is 12.9. The van der Waals surface area contributed by atoms with Crippen LogP contribution in [0.3, 0.4) is 0 Å². The number of rotatable bonds is 8. The molecule has 2 N–H and O–H groups in total. The van der Waals surface area contributed by atoms with Gasteiger partial charge in [0.05, 0.1) is 5.69 Å². The molecule has 0 saturated heterocycles. The number of benzene rings is 4. The molecule has 0 bridgehead atoms. The summed E-state index contributed by atoms with van der Waals surface area (Å²) in [4.78, 5) is 12.8. The number of aryl methyl sites for hydroxylation is 4. The van der Waals surface area contributed by atoms with Crippen molar-refractivity contribution in [1.82, 2.24) is 0 Å². The van der Waals surface area contributed by atoms with Crippen molar-refractivity contribution in [2.24, 2.45) is 0 Å². The third-order valence-corrected chi connectivity index (χ3v) is 8.64. The summed E-state index contributed by atoms with van der Waals surface area (Å²) in [7, 11) is -8.27. The van der Waals surface area contributed by atoms with E-state index in [4.69, 9.17) is 8.37 Å². The van der Waals surface area contributed by atoms with Crippen LogP contribution in [0, 0.1) is 27.7 Å². The molecule has 0 fully saturated rings. The Kier molecular flexibility index (Phi) is 8.17. The zero-order valence-corrected chi connectivity index (χ0v) is 23.9. The Bertz CT molecular complexity index is 1800. The second-order valence-electron chi connectivity index (χ2n) is 9.17. The topological polar surface area (TPSA) is 128 Å². The van der Waals surface area contributed by atoms with Gasteiger partial charge in [-0.05, 0) is 98.5 Å². The van der Waals surface area contributed by atoms with Crippen LogP contribution in [0.4, 0.5) is 16.2 Å². The van der Waals surface area contributed by atoms with E-state index < -0.39 is 26.3 Å². The molecule has 11 heteroatoms. The first-order valence-electron chi connectivity index (χ1n) is 12.1. The molecule has 9 nitrogen and oxygen atoms in total. The summed E-state index contributed by atoms with van der Waals surface area (Å²) in [5.74, 6) is -0.0771. The number of nitrogens with one attached hydrogen (secondary N) is 2. The lowest BCUT2D eigenvalue weighted by molar-refractivity contribution is 0.262. The zero-order valence-electron chi connectivity index (χ0n) is 22.3. The molecular weight excluding hydrogens is 552 g/mol. The average Bonchev–Trinajstić information content (AvgIpc) is 2.88. The maximum absolute atomic E-state index is 12.9. The van der Waals surface area contributed by atoms with E-state index in [1.54, 1.807) is 44.2 Å². The van der Waals surface area contributed by atoms with Crippen LogP contribution in [0.15, 0.2) is 94.7 Å². The molecule has 4 rings (SSSR count). The van der Waals surface area contributed by atoms with Gasteiger partial charge in [0.25, 0.3) is 0 Å². The largest absolute Gasteiger partial charge is 0.379 e. The lowest BCUT2D eigenvalue weighted by Crippen LogP contribution is -2.20. The highest BCUT2D eigenvalue weighted by molar-refractivity contribution is 7.87. The molecule has 0 atom stereocenters. The lowest BCUT2D eigenvalue weighted by Gasteiger charge is -2.14. The fourth-order valence-corrected chi connectivity index (χ4v) is 5.68. The van der Waals surface area contributed by atoms with Crippen LogP contribution in [-0.2, 0) is 20.2 Å². The van der Waals surface area contributed by atoms with Crippen molar-refractivity contribution >= 4 is 37.6 Å². The molecule has 4 aromatic rings. The van der Waals surface area contributed by atoms with Crippen LogP contribution in [0.2, 0.25) is 0 Å². The van der Waals surface area contributed by atoms with Crippen molar-refractivity contribution in [1.29, 1.82) is 0 Å². The van der Waals surface area contributed by atoms with Crippen molar-refractivity contribution in [2.45, 2.75) is 37.5 Å². The van der Waals surface area contributed by atoms with Crippen molar-refractivity contribution in [3.05, 3.63) is 107 Å². The molecule has 0 spiro atoms. The molecule has 0 aliphatic rings. The van der Waals surface area contributed by atoms with Crippen LogP contribution < -0.4 is 19.0 Å². The van der Waals surface area contributed by atoms with Gasteiger partial charge in [0.15, 0.2) is 5.75 Å². The summed E-state index contributed by atoms with van der Waals surface area (Å²) in [6.45, 7) is 7.35. The molecule has 0 aliphatic carbocycles. The third-order valence-electron chi connectivity index (χ3n) is 6.17. The van der Waals surface area contributed by atoms with Gasteiger partial charge in [-0.2, -0.15) is 16.8 Å². The van der Waals surface area contributed by atoms with Crippen molar-refractivity contribution in [3.8, 4) is 11.5 Å². The SMILES string of the molecule is Cc1ccc(S(=O)(=O)Oc2cccc(NC(=O)Nc3ccccc3OS(=O)(=O)c3ccc(C)c(C)c3)c2)cc1C. The molecule has 0 aliphatic heterocycles. The van der Waals surface area contributed by atoms with Gasteiger partial charge < -0.3 is 19.0 Å². The Morgan fingerprint density at radius 1 is 0.600 bits per heavy atom. The zero-order chi connectivity index (χ0) is 29.1. The summed E-state index contributed by atoms with van der Waals surface area (Å²) < 4.78 is 61.8. The predicted octanol–water partition coefficient (Wildman–Crippen LogP) is 6.10. The minimum absolute atomic E-state index is 0.000698. The molecule has 40 heavy (non-hydrogen) atoms. The van der Waals surface area contributed by atoms with Gasteiger partial charge in [-0.25, -0.2) is 4.79 Å². The van der Waals surface area contributed by atoms with E-state index in [-0.39, 0.29) is 32.7 Å². The average molecular weight is 581 g/mol. The fraction of sp³-hybridized carbons (Fsp3) is 0.138. The molecular formula is C29H28N2O7S2. The standard InChI is InChI=1S/C29H28N2O7S2/c1-19-12-14-25(16-21(19)3)39(33,34)37-24-9-7-8-23(18-24)30-29(32)31-27-10-5-6-11-28(27)38-40(35,36)26-15-13-20(2)22(4)17-26/h5-18H,1-4H3,(H2,30,31,32). The summed E-state index contributed by atoms with van der Waals surface area (Å²) in [6.07, 6.45) is 0. The normalized spacial score (nSPS) is 11.5. The Morgan fingerprint density at radius 3 is 1.77 bits per heavy atom. The summed E-state index contributed by atoms with van der Waals surface area (Å²) in [5.41, 5.74) is 3.84. The predicted molar refractivity (Wildman–Crippen MR) is 153 cm³/mol. The molecule has 2 amide bonds. The molecule has 208 valence electrons. The van der Waals surface area contributed by atoms with Crippen LogP contribution in [0.5, 0.6) is 11.5 Å². The summed E-state index contributed by atoms with van der Waals surface area (Å²) in [5, 5.41) is 5.14. The highest BCUT2D eigenvalue weighted by Crippen LogP contribution is 2.29. The first-order chi connectivity index (χ1) is 18.8. The minimum atomic E-state index is -4.17. The van der Waals surface area contributed by atoms with E-state index in [0.29, 0.717) is 0 Å². The molecule has 0 unspecified atom stereocenters. The summed E-state index contributed by atoms with van der Waals surface area (Å²) in [6, 6.07) is 20.6. The Balaban J connectivity index is 1.47. The van der Waals surface area contributed by atoms with Crippen molar-refractivity contribution in [2.75, 3.05) is 10.6 Å². The van der Waals surface area contributed by atoms with E-state index in [9.17, 15) is 21.6 Å². The number of amides is 2. The second-order valence-corrected chi connectivity index (χ2v) is 12.3. The lowest BCUT2D eigenvalue weighted by atomic mass is 10.1. The van der Waals surface area contributed by atoms with Gasteiger partial charge in [-0.15, -0.1) is 0 Å². The quantitative estimate of drug-likeness (QED) is 0.241. The van der Waals surface area contributed by atoms with Crippen LogP contribution >= 0.6 is 0 Å². The van der Waals surface area contributed by atoms with Crippen LogP contribution in [0.1, 0.15) is 22.3 Å². The molecule has 0 radical (unpaired) electrons. The molecule has 4 aromatic carbocycles. The molecule has 0 aromatic heterocycles.